The summed E-state index contributed by atoms with van der Waals surface area (Å²) in [7, 11) is 1.97. The molecule has 0 fully saturated rings. The second kappa shape index (κ2) is 7.77. The standard InChI is InChI=1S/C20H24N2O2/c1-6-22(5)13-21-19-12-11-18(15(3)16(19)4)20(23)24-17-9-7-14(2)8-10-17/h7-13H,6H2,1-5H3/b21-13+. The van der Waals surface area contributed by atoms with Crippen LogP contribution in [0.5, 0.6) is 5.75 Å². The van der Waals surface area contributed by atoms with Crippen molar-refractivity contribution in [1.82, 2.24) is 4.90 Å². The van der Waals surface area contributed by atoms with E-state index in [4.69, 9.17) is 4.74 Å². The quantitative estimate of drug-likeness (QED) is 0.353. The summed E-state index contributed by atoms with van der Waals surface area (Å²) in [4.78, 5) is 18.9. The van der Waals surface area contributed by atoms with Gasteiger partial charge in [-0.25, -0.2) is 9.79 Å². The van der Waals surface area contributed by atoms with E-state index in [1.165, 1.54) is 0 Å². The van der Waals surface area contributed by atoms with Gasteiger partial charge in [0.05, 0.1) is 17.6 Å². The highest BCUT2D eigenvalue weighted by molar-refractivity contribution is 5.93. The van der Waals surface area contributed by atoms with Gasteiger partial charge in [0.2, 0.25) is 0 Å². The van der Waals surface area contributed by atoms with Crippen molar-refractivity contribution in [3.8, 4) is 5.75 Å². The smallest absolute Gasteiger partial charge is 0.343 e. The number of esters is 1. The lowest BCUT2D eigenvalue weighted by Gasteiger charge is -2.12. The summed E-state index contributed by atoms with van der Waals surface area (Å²) in [5.74, 6) is 0.204. The van der Waals surface area contributed by atoms with E-state index in [-0.39, 0.29) is 5.97 Å². The van der Waals surface area contributed by atoms with E-state index >= 15 is 0 Å². The number of nitrogens with zero attached hydrogens (tertiary/aromatic N) is 2. The summed E-state index contributed by atoms with van der Waals surface area (Å²) in [6.07, 6.45) is 1.80. The van der Waals surface area contributed by atoms with E-state index in [2.05, 4.69) is 11.9 Å². The van der Waals surface area contributed by atoms with Gasteiger partial charge in [0.15, 0.2) is 0 Å². The Morgan fingerprint density at radius 2 is 1.75 bits per heavy atom. The van der Waals surface area contributed by atoms with Gasteiger partial charge >= 0.3 is 5.97 Å². The number of hydrogen-bond donors (Lipinski definition) is 0. The molecule has 0 aromatic heterocycles. The number of carbonyl (C=O) groups is 1. The molecule has 0 atom stereocenters. The van der Waals surface area contributed by atoms with Gasteiger partial charge in [-0.1, -0.05) is 17.7 Å². The van der Waals surface area contributed by atoms with E-state index in [1.807, 2.05) is 50.9 Å². The Labute approximate surface area is 143 Å². The number of aryl methyl sites for hydroxylation is 1. The third-order valence-electron chi connectivity index (χ3n) is 4.10. The Morgan fingerprint density at radius 1 is 1.08 bits per heavy atom. The van der Waals surface area contributed by atoms with Crippen molar-refractivity contribution in [1.29, 1.82) is 0 Å². The fraction of sp³-hybridized carbons (Fsp3) is 0.300. The highest BCUT2D eigenvalue weighted by Crippen LogP contribution is 2.25. The molecule has 0 aliphatic carbocycles. The first-order chi connectivity index (χ1) is 11.4. The van der Waals surface area contributed by atoms with Crippen LogP contribution in [0.25, 0.3) is 0 Å². The maximum absolute atomic E-state index is 12.4. The molecule has 2 aromatic rings. The Hall–Kier alpha value is -2.62. The van der Waals surface area contributed by atoms with Crippen molar-refractivity contribution in [3.05, 3.63) is 58.7 Å². The molecule has 0 saturated carbocycles. The summed E-state index contributed by atoms with van der Waals surface area (Å²) in [6.45, 7) is 8.84. The maximum atomic E-state index is 12.4. The van der Waals surface area contributed by atoms with Crippen LogP contribution in [0, 0.1) is 20.8 Å². The van der Waals surface area contributed by atoms with Crippen molar-refractivity contribution in [2.24, 2.45) is 4.99 Å². The molecule has 0 N–H and O–H groups in total. The van der Waals surface area contributed by atoms with Gasteiger partial charge in [-0.2, -0.15) is 0 Å². The summed E-state index contributed by atoms with van der Waals surface area (Å²) < 4.78 is 5.46. The number of aliphatic imine (C=N–C) groups is 1. The van der Waals surface area contributed by atoms with Gasteiger partial charge in [-0.3, -0.25) is 0 Å². The Bertz CT molecular complexity index is 749. The second-order valence-electron chi connectivity index (χ2n) is 5.90. The summed E-state index contributed by atoms with van der Waals surface area (Å²) >= 11 is 0. The molecule has 126 valence electrons. The zero-order valence-corrected chi connectivity index (χ0v) is 15.0. The first kappa shape index (κ1) is 17.7. The van der Waals surface area contributed by atoms with E-state index in [1.54, 1.807) is 24.5 Å². The zero-order chi connectivity index (χ0) is 17.7. The van der Waals surface area contributed by atoms with E-state index in [0.29, 0.717) is 11.3 Å². The van der Waals surface area contributed by atoms with Crippen LogP contribution in [0.15, 0.2) is 41.4 Å². The molecule has 4 heteroatoms. The molecule has 0 spiro atoms. The van der Waals surface area contributed by atoms with Crippen LogP contribution in [0.3, 0.4) is 0 Å². The van der Waals surface area contributed by atoms with Gasteiger partial charge in [-0.15, -0.1) is 0 Å². The molecule has 0 radical (unpaired) electrons. The number of carbonyl (C=O) groups excluding carboxylic acids is 1. The predicted molar refractivity (Wildman–Crippen MR) is 98.5 cm³/mol. The van der Waals surface area contributed by atoms with Gasteiger partial charge in [0.1, 0.15) is 5.75 Å². The molecule has 4 nitrogen and oxygen atoms in total. The van der Waals surface area contributed by atoms with E-state index < -0.39 is 0 Å². The lowest BCUT2D eigenvalue weighted by molar-refractivity contribution is 0.0734. The summed E-state index contributed by atoms with van der Waals surface area (Å²) in [6, 6.07) is 11.1. The van der Waals surface area contributed by atoms with Crippen LogP contribution in [-0.2, 0) is 0 Å². The topological polar surface area (TPSA) is 41.9 Å². The lowest BCUT2D eigenvalue weighted by Crippen LogP contribution is -2.14. The van der Waals surface area contributed by atoms with Gasteiger partial charge in [0, 0.05) is 13.6 Å². The highest BCUT2D eigenvalue weighted by Gasteiger charge is 2.14. The van der Waals surface area contributed by atoms with Crippen LogP contribution in [0.1, 0.15) is 34.0 Å². The minimum Gasteiger partial charge on any atom is -0.423 e. The molecule has 0 bridgehead atoms. The molecule has 0 amide bonds. The summed E-state index contributed by atoms with van der Waals surface area (Å²) in [5, 5.41) is 0. The van der Waals surface area contributed by atoms with E-state index in [0.717, 1.165) is 28.9 Å². The molecular weight excluding hydrogens is 300 g/mol. The molecule has 24 heavy (non-hydrogen) atoms. The number of rotatable bonds is 5. The van der Waals surface area contributed by atoms with Gasteiger partial charge in [-0.05, 0) is 63.1 Å². The van der Waals surface area contributed by atoms with Crippen molar-refractivity contribution >= 4 is 18.0 Å². The molecule has 0 aliphatic rings. The lowest BCUT2D eigenvalue weighted by atomic mass is 10.0. The Morgan fingerprint density at radius 3 is 2.38 bits per heavy atom. The molecule has 0 heterocycles. The zero-order valence-electron chi connectivity index (χ0n) is 15.0. The van der Waals surface area contributed by atoms with Crippen molar-refractivity contribution in [2.45, 2.75) is 27.7 Å². The largest absolute Gasteiger partial charge is 0.423 e. The van der Waals surface area contributed by atoms with Crippen LogP contribution < -0.4 is 4.74 Å². The van der Waals surface area contributed by atoms with Crippen molar-refractivity contribution < 1.29 is 9.53 Å². The SMILES string of the molecule is CCN(C)/C=N/c1ccc(C(=O)Oc2ccc(C)cc2)c(C)c1C. The highest BCUT2D eigenvalue weighted by atomic mass is 16.5. The number of hydrogen-bond acceptors (Lipinski definition) is 3. The molecule has 2 aromatic carbocycles. The van der Waals surface area contributed by atoms with Gasteiger partial charge < -0.3 is 9.64 Å². The van der Waals surface area contributed by atoms with Crippen LogP contribution in [-0.4, -0.2) is 30.8 Å². The predicted octanol–water partition coefficient (Wildman–Crippen LogP) is 4.44. The molecule has 0 unspecified atom stereocenters. The minimum atomic E-state index is -0.347. The number of benzene rings is 2. The second-order valence-corrected chi connectivity index (χ2v) is 5.90. The monoisotopic (exact) mass is 324 g/mol. The molecule has 0 aliphatic heterocycles. The number of ether oxygens (including phenoxy) is 1. The third-order valence-corrected chi connectivity index (χ3v) is 4.10. The Balaban J connectivity index is 2.22. The summed E-state index contributed by atoms with van der Waals surface area (Å²) in [5.41, 5.74) is 4.42. The average Bonchev–Trinajstić information content (AvgIpc) is 2.57. The first-order valence-electron chi connectivity index (χ1n) is 8.05. The van der Waals surface area contributed by atoms with Crippen LogP contribution >= 0.6 is 0 Å². The van der Waals surface area contributed by atoms with Crippen molar-refractivity contribution in [3.63, 3.8) is 0 Å². The molecule has 0 saturated heterocycles. The minimum absolute atomic E-state index is 0.347. The fourth-order valence-corrected chi connectivity index (χ4v) is 2.18. The maximum Gasteiger partial charge on any atom is 0.343 e. The van der Waals surface area contributed by atoms with Gasteiger partial charge in [0.25, 0.3) is 0 Å². The average molecular weight is 324 g/mol. The molecule has 2 rings (SSSR count). The Kier molecular flexibility index (Phi) is 5.74. The third kappa shape index (κ3) is 4.22. The van der Waals surface area contributed by atoms with Crippen molar-refractivity contribution in [2.75, 3.05) is 13.6 Å². The normalized spacial score (nSPS) is 10.9. The fourth-order valence-electron chi connectivity index (χ4n) is 2.18. The van der Waals surface area contributed by atoms with E-state index in [9.17, 15) is 4.79 Å². The molecular formula is C20H24N2O2. The van der Waals surface area contributed by atoms with Crippen LogP contribution in [0.4, 0.5) is 5.69 Å². The first-order valence-corrected chi connectivity index (χ1v) is 8.05. The van der Waals surface area contributed by atoms with Crippen LogP contribution in [0.2, 0.25) is 0 Å².